The van der Waals surface area contributed by atoms with E-state index in [1.807, 2.05) is 103 Å². The molecule has 3 aromatic heterocycles. The molecule has 3 heterocycles. The zero-order chi connectivity index (χ0) is 40.4. The van der Waals surface area contributed by atoms with Gasteiger partial charge in [0.05, 0.1) is 44.7 Å². The number of hydrogen-bond acceptors (Lipinski definition) is 2. The average Bonchev–Trinajstić information content (AvgIpc) is 3.82. The fraction of sp³-hybridized carbons (Fsp3) is 0.0189. The van der Waals surface area contributed by atoms with E-state index in [0.29, 0.717) is 16.7 Å². The highest BCUT2D eigenvalue weighted by molar-refractivity contribution is 6.11. The lowest BCUT2D eigenvalue weighted by molar-refractivity contribution is -0.137. The molecule has 7 heteroatoms. The lowest BCUT2D eigenvalue weighted by atomic mass is 9.99. The van der Waals surface area contributed by atoms with E-state index in [9.17, 15) is 13.2 Å². The minimum absolute atomic E-state index is 0.529. The molecule has 0 N–H and O–H groups in total. The third-order valence-corrected chi connectivity index (χ3v) is 11.4. The van der Waals surface area contributed by atoms with E-state index in [1.54, 1.807) is 6.07 Å². The summed E-state index contributed by atoms with van der Waals surface area (Å²) in [7, 11) is 0. The number of para-hydroxylation sites is 3. The lowest BCUT2D eigenvalue weighted by Crippen LogP contribution is -2.04. The number of aromatic nitrogens is 4. The molecule has 0 saturated carbocycles. The second-order valence-corrected chi connectivity index (χ2v) is 14.9. The highest BCUT2D eigenvalue weighted by Gasteiger charge is 2.31. The first-order chi connectivity index (χ1) is 29.4. The van der Waals surface area contributed by atoms with Crippen LogP contribution >= 0.6 is 0 Å². The molecular formula is C53H33F3N4. The van der Waals surface area contributed by atoms with Gasteiger partial charge in [0.15, 0.2) is 5.82 Å². The molecule has 0 unspecified atom stereocenters. The van der Waals surface area contributed by atoms with Crippen molar-refractivity contribution < 1.29 is 13.2 Å². The second kappa shape index (κ2) is 14.0. The average molecular weight is 783 g/mol. The van der Waals surface area contributed by atoms with Gasteiger partial charge in [0.1, 0.15) is 0 Å². The van der Waals surface area contributed by atoms with Crippen LogP contribution in [0.1, 0.15) is 5.56 Å². The summed E-state index contributed by atoms with van der Waals surface area (Å²) in [5.74, 6) is 0.554. The summed E-state index contributed by atoms with van der Waals surface area (Å²) in [5.41, 5.74) is 10.9. The molecule has 0 fully saturated rings. The van der Waals surface area contributed by atoms with Crippen LogP contribution in [0.2, 0.25) is 0 Å². The SMILES string of the molecule is FC(F)(F)c1ccc2c(c1)c1ccccc1n2-c1ccc(-c2nc(-c3ccccc3)cc(-c3ccccc3)n2)cc1-c1cccc(-n2c3ccccc3c3ccccc32)c1. The minimum atomic E-state index is -4.48. The predicted molar refractivity (Wildman–Crippen MR) is 237 cm³/mol. The summed E-state index contributed by atoms with van der Waals surface area (Å²) in [6, 6.07) is 65.3. The van der Waals surface area contributed by atoms with Crippen molar-refractivity contribution in [3.8, 4) is 56.4 Å². The van der Waals surface area contributed by atoms with E-state index in [-0.39, 0.29) is 0 Å². The number of benzene rings is 8. The van der Waals surface area contributed by atoms with Gasteiger partial charge in [0, 0.05) is 49.5 Å². The van der Waals surface area contributed by atoms with Crippen LogP contribution in [0.25, 0.3) is 100 Å². The third kappa shape index (κ3) is 5.93. The first kappa shape index (κ1) is 35.4. The summed E-state index contributed by atoms with van der Waals surface area (Å²) in [4.78, 5) is 10.3. The Labute approximate surface area is 343 Å². The largest absolute Gasteiger partial charge is 0.416 e. The van der Waals surface area contributed by atoms with Crippen LogP contribution in [0.4, 0.5) is 13.2 Å². The third-order valence-electron chi connectivity index (χ3n) is 11.4. The Morgan fingerprint density at radius 2 is 0.883 bits per heavy atom. The molecule has 0 aliphatic heterocycles. The van der Waals surface area contributed by atoms with Crippen LogP contribution in [0.5, 0.6) is 0 Å². The van der Waals surface area contributed by atoms with E-state index in [1.165, 1.54) is 12.1 Å². The van der Waals surface area contributed by atoms with Crippen LogP contribution in [-0.4, -0.2) is 19.1 Å². The highest BCUT2D eigenvalue weighted by atomic mass is 19.4. The van der Waals surface area contributed by atoms with Crippen LogP contribution in [0.3, 0.4) is 0 Å². The molecule has 60 heavy (non-hydrogen) atoms. The number of nitrogens with zero attached hydrogens (tertiary/aromatic N) is 4. The van der Waals surface area contributed by atoms with Crippen LogP contribution in [0, 0.1) is 0 Å². The van der Waals surface area contributed by atoms with Crippen molar-refractivity contribution in [2.24, 2.45) is 0 Å². The predicted octanol–water partition coefficient (Wildman–Crippen LogP) is 14.4. The summed E-state index contributed by atoms with van der Waals surface area (Å²) in [6.45, 7) is 0. The van der Waals surface area contributed by atoms with Crippen molar-refractivity contribution in [1.29, 1.82) is 0 Å². The summed E-state index contributed by atoms with van der Waals surface area (Å²) >= 11 is 0. The monoisotopic (exact) mass is 782 g/mol. The molecule has 0 aliphatic carbocycles. The van der Waals surface area contributed by atoms with Crippen molar-refractivity contribution in [3.05, 3.63) is 206 Å². The fourth-order valence-electron chi connectivity index (χ4n) is 8.61. The van der Waals surface area contributed by atoms with Crippen molar-refractivity contribution >= 4 is 43.6 Å². The van der Waals surface area contributed by atoms with E-state index in [2.05, 4.69) is 88.0 Å². The number of alkyl halides is 3. The van der Waals surface area contributed by atoms with Crippen molar-refractivity contribution in [3.63, 3.8) is 0 Å². The first-order valence-corrected chi connectivity index (χ1v) is 19.7. The molecule has 8 aromatic carbocycles. The molecule has 0 amide bonds. The molecule has 286 valence electrons. The van der Waals surface area contributed by atoms with Crippen molar-refractivity contribution in [1.82, 2.24) is 19.1 Å². The Balaban J connectivity index is 1.18. The smallest absolute Gasteiger partial charge is 0.309 e. The maximum Gasteiger partial charge on any atom is 0.416 e. The Hall–Kier alpha value is -7.77. The fourth-order valence-corrected chi connectivity index (χ4v) is 8.61. The Kier molecular flexibility index (Phi) is 8.23. The number of hydrogen-bond donors (Lipinski definition) is 0. The molecule has 0 bridgehead atoms. The maximum absolute atomic E-state index is 14.1. The van der Waals surface area contributed by atoms with Gasteiger partial charge >= 0.3 is 6.18 Å². The molecule has 0 aliphatic rings. The van der Waals surface area contributed by atoms with Crippen molar-refractivity contribution in [2.75, 3.05) is 0 Å². The van der Waals surface area contributed by atoms with E-state index >= 15 is 0 Å². The first-order valence-electron chi connectivity index (χ1n) is 19.7. The molecule has 0 atom stereocenters. The standard InChI is InChI=1S/C53H33F3N4/c54-53(55,56)38-27-29-51-44(32-38)42-22-9-12-25-49(42)60(51)50-28-26-37(52-57-45(34-14-3-1-4-15-34)33-46(58-52)35-16-5-2-6-17-35)31-43(50)36-18-13-19-39(30-36)59-47-23-10-7-20-40(47)41-21-8-11-24-48(41)59/h1-33H. The molecule has 11 rings (SSSR count). The van der Waals surface area contributed by atoms with Gasteiger partial charge in [-0.15, -0.1) is 0 Å². The van der Waals surface area contributed by atoms with Gasteiger partial charge in [-0.1, -0.05) is 127 Å². The van der Waals surface area contributed by atoms with Gasteiger partial charge in [-0.2, -0.15) is 13.2 Å². The van der Waals surface area contributed by atoms with Crippen LogP contribution in [-0.2, 0) is 6.18 Å². The van der Waals surface area contributed by atoms with Crippen molar-refractivity contribution in [2.45, 2.75) is 6.18 Å². The number of halogens is 3. The van der Waals surface area contributed by atoms with E-state index in [4.69, 9.17) is 9.97 Å². The van der Waals surface area contributed by atoms with Gasteiger partial charge in [-0.05, 0) is 78.4 Å². The Morgan fingerprint density at radius 3 is 1.48 bits per heavy atom. The van der Waals surface area contributed by atoms with Crippen LogP contribution < -0.4 is 0 Å². The highest BCUT2D eigenvalue weighted by Crippen LogP contribution is 2.42. The van der Waals surface area contributed by atoms with E-state index in [0.717, 1.165) is 83.3 Å². The quantitative estimate of drug-likeness (QED) is 0.168. The zero-order valence-corrected chi connectivity index (χ0v) is 32.0. The molecule has 11 aromatic rings. The normalized spacial score (nSPS) is 11.9. The van der Waals surface area contributed by atoms with Gasteiger partial charge in [-0.25, -0.2) is 9.97 Å². The molecule has 0 saturated heterocycles. The molecule has 4 nitrogen and oxygen atoms in total. The Bertz CT molecular complexity index is 3310. The molecular weight excluding hydrogens is 750 g/mol. The lowest BCUT2D eigenvalue weighted by Gasteiger charge is -2.17. The Morgan fingerprint density at radius 1 is 0.367 bits per heavy atom. The summed E-state index contributed by atoms with van der Waals surface area (Å²) < 4.78 is 46.8. The maximum atomic E-state index is 14.1. The van der Waals surface area contributed by atoms with Crippen LogP contribution in [0.15, 0.2) is 200 Å². The second-order valence-electron chi connectivity index (χ2n) is 14.9. The van der Waals surface area contributed by atoms with Gasteiger partial charge in [0.2, 0.25) is 0 Å². The number of fused-ring (bicyclic) bond motifs is 6. The van der Waals surface area contributed by atoms with Gasteiger partial charge < -0.3 is 9.13 Å². The topological polar surface area (TPSA) is 35.6 Å². The summed E-state index contributed by atoms with van der Waals surface area (Å²) in [6.07, 6.45) is -4.48. The minimum Gasteiger partial charge on any atom is -0.309 e. The summed E-state index contributed by atoms with van der Waals surface area (Å²) in [5, 5.41) is 3.59. The molecule has 0 spiro atoms. The number of rotatable bonds is 6. The van der Waals surface area contributed by atoms with Gasteiger partial charge in [-0.3, -0.25) is 0 Å². The van der Waals surface area contributed by atoms with E-state index < -0.39 is 11.7 Å². The molecule has 0 radical (unpaired) electrons. The van der Waals surface area contributed by atoms with Gasteiger partial charge in [0.25, 0.3) is 0 Å². The zero-order valence-electron chi connectivity index (χ0n) is 32.0.